The predicted molar refractivity (Wildman–Crippen MR) is 111 cm³/mol. The van der Waals surface area contributed by atoms with E-state index in [2.05, 4.69) is 23.8 Å². The van der Waals surface area contributed by atoms with E-state index in [1.54, 1.807) is 29.2 Å². The quantitative estimate of drug-likeness (QED) is 0.450. The maximum Gasteiger partial charge on any atom is 0.423 e. The molecule has 0 fully saturated rings. The second kappa shape index (κ2) is 9.15. The number of hydrogen-bond donors (Lipinski definition) is 0. The Balaban J connectivity index is 1.93. The Morgan fingerprint density at radius 2 is 1.67 bits per heavy atom. The number of hydrogen-bond acceptors (Lipinski definition) is 4. The zero-order valence-electron chi connectivity index (χ0n) is 17.1. The number of nitrogens with zero attached hydrogens (tertiary/aromatic N) is 3. The molecule has 2 aromatic carbocycles. The summed E-state index contributed by atoms with van der Waals surface area (Å²) in [5.74, 6) is 0.0638. The van der Waals surface area contributed by atoms with Crippen LogP contribution in [0.25, 0.3) is 0 Å². The first-order valence-corrected chi connectivity index (χ1v) is 9.78. The Labute approximate surface area is 174 Å². The summed E-state index contributed by atoms with van der Waals surface area (Å²) in [7, 11) is 0. The largest absolute Gasteiger partial charge is 0.472 e. The van der Waals surface area contributed by atoms with Gasteiger partial charge in [-0.2, -0.15) is 18.2 Å². The molecule has 0 aliphatic heterocycles. The average Bonchev–Trinajstić information content (AvgIpc) is 2.73. The molecule has 0 saturated heterocycles. The van der Waals surface area contributed by atoms with Crippen LogP contribution in [0.3, 0.4) is 0 Å². The van der Waals surface area contributed by atoms with E-state index in [-0.39, 0.29) is 12.6 Å². The smallest absolute Gasteiger partial charge is 0.423 e. The van der Waals surface area contributed by atoms with Crippen LogP contribution in [0.4, 0.5) is 24.8 Å². The van der Waals surface area contributed by atoms with Gasteiger partial charge >= 0.3 is 6.18 Å². The lowest BCUT2D eigenvalue weighted by Crippen LogP contribution is -2.20. The maximum atomic E-state index is 13.5. The summed E-state index contributed by atoms with van der Waals surface area (Å²) in [6.07, 6.45) is -3.83. The summed E-state index contributed by atoms with van der Waals surface area (Å²) in [6.45, 7) is 6.56. The summed E-state index contributed by atoms with van der Waals surface area (Å²) in [4.78, 5) is 9.86. The Morgan fingerprint density at radius 3 is 2.23 bits per heavy atom. The Kier molecular flexibility index (Phi) is 6.59. The lowest BCUT2D eigenvalue weighted by molar-refractivity contribution is -0.139. The number of halogens is 3. The normalized spacial score (nSPS) is 11.6. The summed E-state index contributed by atoms with van der Waals surface area (Å²) in [6, 6.07) is 16.8. The van der Waals surface area contributed by atoms with E-state index in [0.29, 0.717) is 12.5 Å². The van der Waals surface area contributed by atoms with Gasteiger partial charge in [-0.1, -0.05) is 56.3 Å². The van der Waals surface area contributed by atoms with Gasteiger partial charge in [-0.15, -0.1) is 0 Å². The second-order valence-corrected chi connectivity index (χ2v) is 7.15. The molecule has 0 bridgehead atoms. The van der Waals surface area contributed by atoms with Gasteiger partial charge in [0.15, 0.2) is 0 Å². The van der Waals surface area contributed by atoms with E-state index < -0.39 is 17.6 Å². The number of anilines is 2. The van der Waals surface area contributed by atoms with E-state index in [1.165, 1.54) is 5.56 Å². The van der Waals surface area contributed by atoms with Crippen molar-refractivity contribution >= 4 is 11.6 Å². The lowest BCUT2D eigenvalue weighted by atomic mass is 10.0. The van der Waals surface area contributed by atoms with Crippen LogP contribution >= 0.6 is 0 Å². The molecule has 0 saturated carbocycles. The van der Waals surface area contributed by atoms with Gasteiger partial charge in [0.1, 0.15) is 12.2 Å². The van der Waals surface area contributed by atoms with Gasteiger partial charge in [-0.3, -0.25) is 0 Å². The predicted octanol–water partition coefficient (Wildman–Crippen LogP) is 6.36. The molecule has 0 aliphatic rings. The SMILES string of the molecule is CCN(c1ccc(C(C)C)cc1)c1ncc(C(F)(F)F)c(OCc2ccccc2)n1. The molecule has 30 heavy (non-hydrogen) atoms. The van der Waals surface area contributed by atoms with E-state index in [4.69, 9.17) is 4.74 Å². The minimum atomic E-state index is -4.61. The summed E-state index contributed by atoms with van der Waals surface area (Å²) in [5.41, 5.74) is 1.74. The van der Waals surface area contributed by atoms with Gasteiger partial charge in [-0.25, -0.2) is 4.98 Å². The van der Waals surface area contributed by atoms with E-state index >= 15 is 0 Å². The molecule has 158 valence electrons. The first kappa shape index (κ1) is 21.6. The van der Waals surface area contributed by atoms with Crippen molar-refractivity contribution in [2.45, 2.75) is 39.5 Å². The maximum absolute atomic E-state index is 13.5. The second-order valence-electron chi connectivity index (χ2n) is 7.15. The van der Waals surface area contributed by atoms with Gasteiger partial charge < -0.3 is 9.64 Å². The van der Waals surface area contributed by atoms with Crippen LogP contribution in [-0.4, -0.2) is 16.5 Å². The Hall–Kier alpha value is -3.09. The van der Waals surface area contributed by atoms with Crippen LogP contribution in [0.1, 0.15) is 43.4 Å². The van der Waals surface area contributed by atoms with E-state index in [0.717, 1.165) is 17.4 Å². The van der Waals surface area contributed by atoms with Crippen molar-refractivity contribution in [2.24, 2.45) is 0 Å². The first-order chi connectivity index (χ1) is 14.3. The van der Waals surface area contributed by atoms with Crippen molar-refractivity contribution in [3.63, 3.8) is 0 Å². The third kappa shape index (κ3) is 5.09. The van der Waals surface area contributed by atoms with Crippen LogP contribution < -0.4 is 9.64 Å². The van der Waals surface area contributed by atoms with Crippen LogP contribution in [0.5, 0.6) is 5.88 Å². The standard InChI is InChI=1S/C23H24F3N3O/c1-4-29(19-12-10-18(11-13-19)16(2)3)22-27-14-20(23(24,25)26)21(28-22)30-15-17-8-6-5-7-9-17/h5-14,16H,4,15H2,1-3H3. The molecule has 4 nitrogen and oxygen atoms in total. The molecule has 1 heterocycles. The van der Waals surface area contributed by atoms with Crippen molar-refractivity contribution in [1.29, 1.82) is 0 Å². The summed E-state index contributed by atoms with van der Waals surface area (Å²) in [5, 5.41) is 0. The number of alkyl halides is 3. The monoisotopic (exact) mass is 415 g/mol. The molecule has 3 rings (SSSR count). The van der Waals surface area contributed by atoms with Crippen molar-refractivity contribution in [3.05, 3.63) is 77.5 Å². The number of rotatable bonds is 7. The minimum absolute atomic E-state index is 0.0183. The van der Waals surface area contributed by atoms with Gasteiger partial charge in [0.25, 0.3) is 0 Å². The fourth-order valence-corrected chi connectivity index (χ4v) is 3.00. The highest BCUT2D eigenvalue weighted by Crippen LogP contribution is 2.36. The highest BCUT2D eigenvalue weighted by Gasteiger charge is 2.36. The highest BCUT2D eigenvalue weighted by atomic mass is 19.4. The Morgan fingerprint density at radius 1 is 1.00 bits per heavy atom. The lowest BCUT2D eigenvalue weighted by Gasteiger charge is -2.23. The molecule has 0 atom stereocenters. The molecule has 7 heteroatoms. The molecule has 0 aliphatic carbocycles. The minimum Gasteiger partial charge on any atom is -0.472 e. The molecule has 0 N–H and O–H groups in total. The average molecular weight is 415 g/mol. The van der Waals surface area contributed by atoms with Crippen molar-refractivity contribution in [1.82, 2.24) is 9.97 Å². The van der Waals surface area contributed by atoms with Crippen molar-refractivity contribution in [3.8, 4) is 5.88 Å². The van der Waals surface area contributed by atoms with Gasteiger partial charge in [0.05, 0.1) is 0 Å². The molecule has 1 aromatic heterocycles. The van der Waals surface area contributed by atoms with Gasteiger partial charge in [0, 0.05) is 18.4 Å². The fraction of sp³-hybridized carbons (Fsp3) is 0.304. The van der Waals surface area contributed by atoms with E-state index in [9.17, 15) is 13.2 Å². The van der Waals surface area contributed by atoms with Crippen LogP contribution in [-0.2, 0) is 12.8 Å². The Bertz CT molecular complexity index is 958. The van der Waals surface area contributed by atoms with Crippen molar-refractivity contribution < 1.29 is 17.9 Å². The summed E-state index contributed by atoms with van der Waals surface area (Å²) < 4.78 is 45.8. The third-order valence-electron chi connectivity index (χ3n) is 4.69. The highest BCUT2D eigenvalue weighted by molar-refractivity contribution is 5.58. The zero-order chi connectivity index (χ0) is 21.7. The van der Waals surface area contributed by atoms with Gasteiger partial charge in [0.2, 0.25) is 11.8 Å². The third-order valence-corrected chi connectivity index (χ3v) is 4.69. The van der Waals surface area contributed by atoms with Crippen LogP contribution in [0, 0.1) is 0 Å². The molecule has 0 radical (unpaired) electrons. The molecule has 3 aromatic rings. The molecule has 0 amide bonds. The van der Waals surface area contributed by atoms with E-state index in [1.807, 2.05) is 37.3 Å². The first-order valence-electron chi connectivity index (χ1n) is 9.78. The topological polar surface area (TPSA) is 38.2 Å². The zero-order valence-corrected chi connectivity index (χ0v) is 17.1. The van der Waals surface area contributed by atoms with Gasteiger partial charge in [-0.05, 0) is 36.1 Å². The number of ether oxygens (including phenoxy) is 1. The molecular formula is C23H24F3N3O. The van der Waals surface area contributed by atoms with Crippen LogP contribution in [0.15, 0.2) is 60.8 Å². The molecule has 0 unspecified atom stereocenters. The summed E-state index contributed by atoms with van der Waals surface area (Å²) >= 11 is 0. The van der Waals surface area contributed by atoms with Crippen LogP contribution in [0.2, 0.25) is 0 Å². The molecular weight excluding hydrogens is 391 g/mol. The molecule has 0 spiro atoms. The number of aromatic nitrogens is 2. The number of benzene rings is 2. The fourth-order valence-electron chi connectivity index (χ4n) is 3.00. The van der Waals surface area contributed by atoms with Crippen molar-refractivity contribution in [2.75, 3.05) is 11.4 Å².